The Morgan fingerprint density at radius 1 is 1.03 bits per heavy atom. The van der Waals surface area contributed by atoms with Crippen LogP contribution < -0.4 is 5.32 Å². The highest BCUT2D eigenvalue weighted by Gasteiger charge is 2.22. The lowest BCUT2D eigenvalue weighted by atomic mass is 10.0. The number of fused-ring (bicyclic) bond motifs is 1. The molecule has 4 aromatic rings. The third-order valence-electron chi connectivity index (χ3n) is 5.76. The fraction of sp³-hybridized carbons (Fsp3) is 0.107. The average molecular weight is 452 g/mol. The number of hydrogen-bond acceptors (Lipinski definition) is 3. The summed E-state index contributed by atoms with van der Waals surface area (Å²) < 4.78 is 15.1. The molecule has 2 heterocycles. The molecule has 34 heavy (non-hydrogen) atoms. The van der Waals surface area contributed by atoms with Gasteiger partial charge in [-0.15, -0.1) is 0 Å². The molecule has 4 rings (SSSR count). The van der Waals surface area contributed by atoms with Crippen LogP contribution in [0.4, 0.5) is 4.39 Å². The van der Waals surface area contributed by atoms with Crippen LogP contribution in [0.3, 0.4) is 0 Å². The highest BCUT2D eigenvalue weighted by atomic mass is 19.1. The second-order valence-corrected chi connectivity index (χ2v) is 7.95. The third-order valence-corrected chi connectivity index (χ3v) is 5.76. The lowest BCUT2D eigenvalue weighted by molar-refractivity contribution is -0.117. The minimum Gasteiger partial charge on any atom is -0.345 e. The molecule has 1 unspecified atom stereocenters. The number of rotatable bonds is 6. The van der Waals surface area contributed by atoms with Crippen molar-refractivity contribution >= 4 is 23.3 Å². The molecule has 1 atom stereocenters. The topological polar surface area (TPSA) is 74.4 Å². The molecule has 0 saturated heterocycles. The second kappa shape index (κ2) is 9.55. The highest BCUT2D eigenvalue weighted by molar-refractivity contribution is 6.11. The van der Waals surface area contributed by atoms with Gasteiger partial charge in [-0.25, -0.2) is 4.39 Å². The molecule has 2 aromatic carbocycles. The molecule has 6 heteroatoms. The summed E-state index contributed by atoms with van der Waals surface area (Å²) in [7, 11) is 0. The third kappa shape index (κ3) is 4.37. The van der Waals surface area contributed by atoms with Gasteiger partial charge in [0.05, 0.1) is 17.3 Å². The number of carbonyl (C=O) groups is 2. The summed E-state index contributed by atoms with van der Waals surface area (Å²) >= 11 is 0. The Hall–Kier alpha value is -4.50. The number of amides is 1. The number of halogens is 1. The van der Waals surface area contributed by atoms with Gasteiger partial charge in [0.2, 0.25) is 5.78 Å². The molecule has 5 nitrogen and oxygen atoms in total. The molecule has 2 aromatic heterocycles. The van der Waals surface area contributed by atoms with E-state index in [1.807, 2.05) is 55.5 Å². The molecule has 0 aliphatic carbocycles. The first-order chi connectivity index (χ1) is 16.4. The van der Waals surface area contributed by atoms with Gasteiger partial charge in [0.25, 0.3) is 5.91 Å². The molecular weight excluding hydrogens is 429 g/mol. The number of hydrogen-bond donors (Lipinski definition) is 1. The molecule has 0 fully saturated rings. The van der Waals surface area contributed by atoms with Crippen molar-refractivity contribution in [2.45, 2.75) is 19.9 Å². The molecule has 0 aliphatic rings. The van der Waals surface area contributed by atoms with Crippen LogP contribution in [0.5, 0.6) is 0 Å². The first-order valence-corrected chi connectivity index (χ1v) is 10.8. The first kappa shape index (κ1) is 22.7. The SMILES string of the molecule is Cc1c(C=C(C#N)C(=O)NC(C)c2ccccc2)c2ccccn2c1C(=O)c1ccc(F)cc1. The minimum atomic E-state index is -0.500. The van der Waals surface area contributed by atoms with Gasteiger partial charge in [0, 0.05) is 17.3 Å². The predicted molar refractivity (Wildman–Crippen MR) is 129 cm³/mol. The van der Waals surface area contributed by atoms with Crippen molar-refractivity contribution in [3.63, 3.8) is 0 Å². The standard InChI is InChI=1S/C28H22FN3O2/c1-18-24(16-22(17-30)28(34)31-19(2)20-8-4-3-5-9-20)25-10-6-7-15-32(25)26(18)27(33)21-11-13-23(29)14-12-21/h3-16,19H,1-2H3,(H,31,34). The summed E-state index contributed by atoms with van der Waals surface area (Å²) in [6.07, 6.45) is 3.26. The van der Waals surface area contributed by atoms with E-state index in [9.17, 15) is 19.2 Å². The molecule has 0 spiro atoms. The Morgan fingerprint density at radius 3 is 2.38 bits per heavy atom. The van der Waals surface area contributed by atoms with Crippen LogP contribution in [-0.2, 0) is 4.79 Å². The molecule has 0 saturated carbocycles. The predicted octanol–water partition coefficient (Wildman–Crippen LogP) is 5.40. The quantitative estimate of drug-likeness (QED) is 0.242. The number of aromatic nitrogens is 1. The van der Waals surface area contributed by atoms with Gasteiger partial charge in [-0.2, -0.15) is 5.26 Å². The van der Waals surface area contributed by atoms with Crippen LogP contribution in [0.1, 0.15) is 45.7 Å². The van der Waals surface area contributed by atoms with Gasteiger partial charge < -0.3 is 9.72 Å². The molecule has 0 bridgehead atoms. The van der Waals surface area contributed by atoms with E-state index in [2.05, 4.69) is 5.32 Å². The van der Waals surface area contributed by atoms with E-state index in [1.165, 1.54) is 30.3 Å². The summed E-state index contributed by atoms with van der Waals surface area (Å²) in [5.74, 6) is -1.20. The summed E-state index contributed by atoms with van der Waals surface area (Å²) in [6.45, 7) is 3.62. The summed E-state index contributed by atoms with van der Waals surface area (Å²) in [5.41, 5.74) is 3.50. The van der Waals surface area contributed by atoms with Crippen molar-refractivity contribution in [1.29, 1.82) is 5.26 Å². The lowest BCUT2D eigenvalue weighted by Crippen LogP contribution is -2.27. The number of nitriles is 1. The van der Waals surface area contributed by atoms with Crippen LogP contribution in [0.25, 0.3) is 11.6 Å². The van der Waals surface area contributed by atoms with Gasteiger partial charge in [0.1, 0.15) is 17.5 Å². The van der Waals surface area contributed by atoms with E-state index in [4.69, 9.17) is 0 Å². The molecule has 0 aliphatic heterocycles. The monoisotopic (exact) mass is 451 g/mol. The zero-order chi connectivity index (χ0) is 24.2. The van der Waals surface area contributed by atoms with Crippen molar-refractivity contribution in [3.05, 3.63) is 118 Å². The fourth-order valence-corrected chi connectivity index (χ4v) is 3.95. The van der Waals surface area contributed by atoms with Crippen molar-refractivity contribution in [2.24, 2.45) is 0 Å². The van der Waals surface area contributed by atoms with Gasteiger partial charge in [-0.05, 0) is 67.4 Å². The van der Waals surface area contributed by atoms with Gasteiger partial charge >= 0.3 is 0 Å². The van der Waals surface area contributed by atoms with Crippen molar-refractivity contribution < 1.29 is 14.0 Å². The maximum Gasteiger partial charge on any atom is 0.262 e. The van der Waals surface area contributed by atoms with E-state index >= 15 is 0 Å². The summed E-state index contributed by atoms with van der Waals surface area (Å²) in [5, 5.41) is 12.6. The Morgan fingerprint density at radius 2 is 1.71 bits per heavy atom. The summed E-state index contributed by atoms with van der Waals surface area (Å²) in [4.78, 5) is 26.2. The van der Waals surface area contributed by atoms with Crippen LogP contribution in [0, 0.1) is 24.1 Å². The maximum absolute atomic E-state index is 13.4. The van der Waals surface area contributed by atoms with Gasteiger partial charge in [0.15, 0.2) is 0 Å². The minimum absolute atomic E-state index is 0.0667. The number of pyridine rings is 1. The van der Waals surface area contributed by atoms with Crippen LogP contribution in [0.2, 0.25) is 0 Å². The number of benzene rings is 2. The first-order valence-electron chi connectivity index (χ1n) is 10.8. The zero-order valence-electron chi connectivity index (χ0n) is 18.7. The van der Waals surface area contributed by atoms with Crippen LogP contribution in [-0.4, -0.2) is 16.1 Å². The number of ketones is 1. The normalized spacial score (nSPS) is 12.2. The van der Waals surface area contributed by atoms with E-state index in [1.54, 1.807) is 23.6 Å². The van der Waals surface area contributed by atoms with E-state index in [-0.39, 0.29) is 17.4 Å². The molecule has 1 N–H and O–H groups in total. The van der Waals surface area contributed by atoms with Gasteiger partial charge in [-0.3, -0.25) is 9.59 Å². The van der Waals surface area contributed by atoms with Crippen molar-refractivity contribution in [3.8, 4) is 6.07 Å². The largest absolute Gasteiger partial charge is 0.345 e. The van der Waals surface area contributed by atoms with Gasteiger partial charge in [-0.1, -0.05) is 36.4 Å². The second-order valence-electron chi connectivity index (χ2n) is 7.95. The van der Waals surface area contributed by atoms with Crippen molar-refractivity contribution in [1.82, 2.24) is 9.72 Å². The average Bonchev–Trinajstić information content (AvgIpc) is 3.13. The van der Waals surface area contributed by atoms with Crippen LogP contribution >= 0.6 is 0 Å². The highest BCUT2D eigenvalue weighted by Crippen LogP contribution is 2.28. The summed E-state index contributed by atoms with van der Waals surface area (Å²) in [6, 6.07) is 22.0. The maximum atomic E-state index is 13.4. The van der Waals surface area contributed by atoms with Crippen LogP contribution in [0.15, 0.2) is 84.6 Å². The van der Waals surface area contributed by atoms with E-state index in [0.717, 1.165) is 5.56 Å². The molecule has 0 radical (unpaired) electrons. The Labute approximate surface area is 196 Å². The zero-order valence-corrected chi connectivity index (χ0v) is 18.7. The van der Waals surface area contributed by atoms with Crippen molar-refractivity contribution in [2.75, 3.05) is 0 Å². The Kier molecular flexibility index (Phi) is 6.37. The number of nitrogens with zero attached hydrogens (tertiary/aromatic N) is 2. The Bertz CT molecular complexity index is 1450. The smallest absolute Gasteiger partial charge is 0.262 e. The number of carbonyl (C=O) groups excluding carboxylic acids is 2. The van der Waals surface area contributed by atoms with E-state index < -0.39 is 11.7 Å². The molecular formula is C28H22FN3O2. The molecule has 168 valence electrons. The lowest BCUT2D eigenvalue weighted by Gasteiger charge is -2.13. The Balaban J connectivity index is 1.74. The molecule has 1 amide bonds. The number of nitrogens with one attached hydrogen (secondary N) is 1. The fourth-order valence-electron chi connectivity index (χ4n) is 3.95. The van der Waals surface area contributed by atoms with E-state index in [0.29, 0.717) is 27.9 Å².